The van der Waals surface area contributed by atoms with Crippen LogP contribution in [0.5, 0.6) is 0 Å². The second-order valence-corrected chi connectivity index (χ2v) is 6.34. The number of rotatable bonds is 6. The molecule has 1 aliphatic carbocycles. The van der Waals surface area contributed by atoms with Gasteiger partial charge >= 0.3 is 0 Å². The molecule has 3 heteroatoms. The minimum absolute atomic E-state index is 0.277. The van der Waals surface area contributed by atoms with Crippen LogP contribution in [0.3, 0.4) is 0 Å². The molecule has 0 radical (unpaired) electrons. The van der Waals surface area contributed by atoms with E-state index >= 15 is 0 Å². The molecule has 2 rings (SSSR count). The van der Waals surface area contributed by atoms with E-state index in [9.17, 15) is 8.78 Å². The highest BCUT2D eigenvalue weighted by atomic mass is 19.1. The van der Waals surface area contributed by atoms with Crippen LogP contribution in [-0.4, -0.2) is 13.1 Å². The van der Waals surface area contributed by atoms with E-state index < -0.39 is 11.6 Å². The molecule has 1 aromatic carbocycles. The third kappa shape index (κ3) is 4.50. The number of hydrogen-bond donors (Lipinski definition) is 1. The average molecular weight is 295 g/mol. The standard InChI is InChI=1S/C18H27F2N/c1-3-5-13-6-7-14(12-21-4-2)18(8-13)15-9-16(19)11-17(20)10-15/h9-11,13-14,18,21H,3-8,12H2,1-2H3. The van der Waals surface area contributed by atoms with Gasteiger partial charge in [-0.1, -0.05) is 33.1 Å². The zero-order valence-electron chi connectivity index (χ0n) is 13.2. The molecule has 1 nitrogen and oxygen atoms in total. The maximum absolute atomic E-state index is 13.6. The maximum atomic E-state index is 13.6. The summed E-state index contributed by atoms with van der Waals surface area (Å²) in [6.45, 7) is 6.19. The Balaban J connectivity index is 2.18. The number of nitrogens with one attached hydrogen (secondary N) is 1. The topological polar surface area (TPSA) is 12.0 Å². The molecule has 0 saturated heterocycles. The van der Waals surface area contributed by atoms with Gasteiger partial charge < -0.3 is 5.32 Å². The van der Waals surface area contributed by atoms with E-state index in [0.29, 0.717) is 11.8 Å². The summed E-state index contributed by atoms with van der Waals surface area (Å²) in [5.41, 5.74) is 0.844. The predicted octanol–water partition coefficient (Wildman–Crippen LogP) is 4.87. The Bertz CT molecular complexity index is 427. The molecule has 1 saturated carbocycles. The Morgan fingerprint density at radius 3 is 2.43 bits per heavy atom. The summed E-state index contributed by atoms with van der Waals surface area (Å²) in [6, 6.07) is 4.02. The third-order valence-corrected chi connectivity index (χ3v) is 4.77. The van der Waals surface area contributed by atoms with Crippen LogP contribution in [0.4, 0.5) is 8.78 Å². The van der Waals surface area contributed by atoms with Crippen LogP contribution >= 0.6 is 0 Å². The van der Waals surface area contributed by atoms with Gasteiger partial charge in [-0.25, -0.2) is 8.78 Å². The van der Waals surface area contributed by atoms with Crippen LogP contribution in [0.15, 0.2) is 18.2 Å². The molecule has 1 aliphatic rings. The summed E-state index contributed by atoms with van der Waals surface area (Å²) in [5, 5.41) is 3.41. The van der Waals surface area contributed by atoms with Gasteiger partial charge in [0, 0.05) is 6.07 Å². The first-order chi connectivity index (χ1) is 10.1. The van der Waals surface area contributed by atoms with Crippen molar-refractivity contribution in [1.29, 1.82) is 0 Å². The van der Waals surface area contributed by atoms with Crippen molar-refractivity contribution in [2.45, 2.75) is 51.9 Å². The fourth-order valence-corrected chi connectivity index (χ4v) is 3.76. The minimum atomic E-state index is -0.454. The van der Waals surface area contributed by atoms with Gasteiger partial charge in [-0.15, -0.1) is 0 Å². The van der Waals surface area contributed by atoms with Crippen LogP contribution in [0.1, 0.15) is 57.4 Å². The van der Waals surface area contributed by atoms with Crippen molar-refractivity contribution in [3.8, 4) is 0 Å². The van der Waals surface area contributed by atoms with E-state index in [1.165, 1.54) is 31.4 Å². The highest BCUT2D eigenvalue weighted by molar-refractivity contribution is 5.23. The number of hydrogen-bond acceptors (Lipinski definition) is 1. The normalized spacial score (nSPS) is 26.0. The monoisotopic (exact) mass is 295 g/mol. The summed E-state index contributed by atoms with van der Waals surface area (Å²) in [7, 11) is 0. The summed E-state index contributed by atoms with van der Waals surface area (Å²) in [5.74, 6) is 0.553. The molecule has 0 heterocycles. The van der Waals surface area contributed by atoms with Gasteiger partial charge in [-0.05, 0) is 61.4 Å². The first-order valence-electron chi connectivity index (χ1n) is 8.30. The van der Waals surface area contributed by atoms with Crippen LogP contribution in [0.25, 0.3) is 0 Å². The average Bonchev–Trinajstić information content (AvgIpc) is 2.45. The first-order valence-corrected chi connectivity index (χ1v) is 8.30. The van der Waals surface area contributed by atoms with Crippen LogP contribution in [0, 0.1) is 23.5 Å². The van der Waals surface area contributed by atoms with Crippen molar-refractivity contribution in [2.75, 3.05) is 13.1 Å². The van der Waals surface area contributed by atoms with Crippen molar-refractivity contribution in [2.24, 2.45) is 11.8 Å². The Labute approximate surface area is 127 Å². The molecule has 1 aromatic rings. The van der Waals surface area contributed by atoms with E-state index in [-0.39, 0.29) is 5.92 Å². The number of halogens is 2. The molecule has 0 amide bonds. The summed E-state index contributed by atoms with van der Waals surface area (Å²) in [4.78, 5) is 0. The van der Waals surface area contributed by atoms with E-state index in [1.54, 1.807) is 0 Å². The van der Waals surface area contributed by atoms with Crippen LogP contribution in [0.2, 0.25) is 0 Å². The van der Waals surface area contributed by atoms with Gasteiger partial charge in [0.15, 0.2) is 0 Å². The van der Waals surface area contributed by atoms with Crippen molar-refractivity contribution < 1.29 is 8.78 Å². The summed E-state index contributed by atoms with van der Waals surface area (Å²) < 4.78 is 27.1. The van der Waals surface area contributed by atoms with E-state index in [0.717, 1.165) is 37.6 Å². The molecular weight excluding hydrogens is 268 g/mol. The van der Waals surface area contributed by atoms with Crippen LogP contribution < -0.4 is 5.32 Å². The Hall–Kier alpha value is -0.960. The lowest BCUT2D eigenvalue weighted by Crippen LogP contribution is -2.32. The SMILES string of the molecule is CCCC1CCC(CNCC)C(c2cc(F)cc(F)c2)C1. The van der Waals surface area contributed by atoms with Crippen LogP contribution in [-0.2, 0) is 0 Å². The molecule has 1 N–H and O–H groups in total. The summed E-state index contributed by atoms with van der Waals surface area (Å²) >= 11 is 0. The molecule has 0 bridgehead atoms. The Kier molecular flexibility index (Phi) is 6.16. The molecule has 0 spiro atoms. The van der Waals surface area contributed by atoms with Crippen molar-refractivity contribution in [3.63, 3.8) is 0 Å². The fourth-order valence-electron chi connectivity index (χ4n) is 3.76. The molecule has 3 unspecified atom stereocenters. The fraction of sp³-hybridized carbons (Fsp3) is 0.667. The van der Waals surface area contributed by atoms with Gasteiger partial charge in [0.1, 0.15) is 11.6 Å². The zero-order chi connectivity index (χ0) is 15.2. The maximum Gasteiger partial charge on any atom is 0.126 e. The molecule has 118 valence electrons. The highest BCUT2D eigenvalue weighted by Gasteiger charge is 2.31. The molecule has 1 fully saturated rings. The summed E-state index contributed by atoms with van der Waals surface area (Å²) in [6.07, 6.45) is 5.88. The van der Waals surface area contributed by atoms with Gasteiger partial charge in [0.05, 0.1) is 0 Å². The lowest BCUT2D eigenvalue weighted by molar-refractivity contribution is 0.220. The second-order valence-electron chi connectivity index (χ2n) is 6.34. The molecule has 0 aromatic heterocycles. The predicted molar refractivity (Wildman–Crippen MR) is 83.4 cm³/mol. The van der Waals surface area contributed by atoms with E-state index in [2.05, 4.69) is 19.2 Å². The minimum Gasteiger partial charge on any atom is -0.317 e. The van der Waals surface area contributed by atoms with Crippen molar-refractivity contribution in [1.82, 2.24) is 5.32 Å². The Morgan fingerprint density at radius 2 is 1.81 bits per heavy atom. The lowest BCUT2D eigenvalue weighted by atomic mass is 9.70. The second kappa shape index (κ2) is 7.88. The smallest absolute Gasteiger partial charge is 0.126 e. The van der Waals surface area contributed by atoms with Crippen molar-refractivity contribution in [3.05, 3.63) is 35.4 Å². The molecular formula is C18H27F2N. The van der Waals surface area contributed by atoms with Gasteiger partial charge in [0.2, 0.25) is 0 Å². The molecule has 3 atom stereocenters. The van der Waals surface area contributed by atoms with Gasteiger partial charge in [0.25, 0.3) is 0 Å². The van der Waals surface area contributed by atoms with E-state index in [1.807, 2.05) is 0 Å². The molecule has 21 heavy (non-hydrogen) atoms. The van der Waals surface area contributed by atoms with E-state index in [4.69, 9.17) is 0 Å². The third-order valence-electron chi connectivity index (χ3n) is 4.77. The van der Waals surface area contributed by atoms with Gasteiger partial charge in [-0.2, -0.15) is 0 Å². The first kappa shape index (κ1) is 16.4. The lowest BCUT2D eigenvalue weighted by Gasteiger charge is -2.37. The zero-order valence-corrected chi connectivity index (χ0v) is 13.2. The highest BCUT2D eigenvalue weighted by Crippen LogP contribution is 2.42. The quantitative estimate of drug-likeness (QED) is 0.789. The van der Waals surface area contributed by atoms with Crippen molar-refractivity contribution >= 4 is 0 Å². The van der Waals surface area contributed by atoms with Gasteiger partial charge in [-0.3, -0.25) is 0 Å². The Morgan fingerprint density at radius 1 is 1.10 bits per heavy atom. The molecule has 0 aliphatic heterocycles. The number of benzene rings is 1. The largest absolute Gasteiger partial charge is 0.317 e.